The molecule has 168 valence electrons. The number of benzene rings is 1. The highest BCUT2D eigenvalue weighted by atomic mass is 32.1. The normalized spacial score (nSPS) is 15.0. The SMILES string of the molecule is CCN1CCN(C(=O)CCNC(=O)c2csc(Nc3cccc(C(F)(F)F)c3)n2)CC1. The summed E-state index contributed by atoms with van der Waals surface area (Å²) in [6.07, 6.45) is -4.23. The van der Waals surface area contributed by atoms with Crippen LogP contribution in [-0.2, 0) is 11.0 Å². The number of anilines is 2. The molecule has 2 N–H and O–H groups in total. The quantitative estimate of drug-likeness (QED) is 0.671. The first-order chi connectivity index (χ1) is 14.8. The first-order valence-corrected chi connectivity index (χ1v) is 10.8. The number of carbonyl (C=O) groups is 2. The molecule has 7 nitrogen and oxygen atoms in total. The number of carbonyl (C=O) groups excluding carboxylic acids is 2. The number of nitrogens with one attached hydrogen (secondary N) is 2. The third kappa shape index (κ3) is 6.41. The van der Waals surface area contributed by atoms with Crippen molar-refractivity contribution < 1.29 is 22.8 Å². The van der Waals surface area contributed by atoms with Gasteiger partial charge in [0.1, 0.15) is 5.69 Å². The number of likely N-dealkylation sites (N-methyl/N-ethyl adjacent to an activating group) is 1. The molecule has 2 amide bonds. The van der Waals surface area contributed by atoms with Crippen molar-refractivity contribution in [2.45, 2.75) is 19.5 Å². The summed E-state index contributed by atoms with van der Waals surface area (Å²) in [5, 5.41) is 7.26. The first-order valence-electron chi connectivity index (χ1n) is 9.94. The predicted molar refractivity (Wildman–Crippen MR) is 112 cm³/mol. The Morgan fingerprint density at radius 3 is 2.61 bits per heavy atom. The molecule has 0 radical (unpaired) electrons. The molecule has 0 unspecified atom stereocenters. The van der Waals surface area contributed by atoms with E-state index in [1.807, 2.05) is 0 Å². The number of aromatic nitrogens is 1. The minimum absolute atomic E-state index is 0.00114. The van der Waals surface area contributed by atoms with E-state index in [0.717, 1.165) is 43.1 Å². The maximum Gasteiger partial charge on any atom is 0.416 e. The van der Waals surface area contributed by atoms with Crippen LogP contribution in [0.4, 0.5) is 24.0 Å². The van der Waals surface area contributed by atoms with Gasteiger partial charge in [-0.2, -0.15) is 13.2 Å². The highest BCUT2D eigenvalue weighted by Crippen LogP contribution is 2.31. The molecule has 2 heterocycles. The second-order valence-electron chi connectivity index (χ2n) is 7.06. The van der Waals surface area contributed by atoms with Crippen LogP contribution >= 0.6 is 11.3 Å². The van der Waals surface area contributed by atoms with Gasteiger partial charge in [-0.15, -0.1) is 11.3 Å². The Kier molecular flexibility index (Phi) is 7.50. The standard InChI is InChI=1S/C20H24F3N5O2S/c1-2-27-8-10-28(11-9-27)17(29)6-7-24-18(30)16-13-31-19(26-16)25-15-5-3-4-14(12-15)20(21,22)23/h3-5,12-13H,2,6-11H2,1H3,(H,24,30)(H,25,26). The minimum Gasteiger partial charge on any atom is -0.350 e. The van der Waals surface area contributed by atoms with Crippen LogP contribution in [0.3, 0.4) is 0 Å². The number of nitrogens with zero attached hydrogens (tertiary/aromatic N) is 3. The maximum absolute atomic E-state index is 12.8. The Morgan fingerprint density at radius 2 is 1.94 bits per heavy atom. The Hall–Kier alpha value is -2.66. The van der Waals surface area contributed by atoms with Crippen molar-refractivity contribution in [3.05, 3.63) is 40.9 Å². The molecule has 1 saturated heterocycles. The fraction of sp³-hybridized carbons (Fsp3) is 0.450. The fourth-order valence-electron chi connectivity index (χ4n) is 3.18. The summed E-state index contributed by atoms with van der Waals surface area (Å²) < 4.78 is 38.5. The van der Waals surface area contributed by atoms with Gasteiger partial charge in [0.25, 0.3) is 5.91 Å². The molecule has 0 atom stereocenters. The lowest BCUT2D eigenvalue weighted by atomic mass is 10.2. The highest BCUT2D eigenvalue weighted by molar-refractivity contribution is 7.14. The van der Waals surface area contributed by atoms with E-state index in [4.69, 9.17) is 0 Å². The number of alkyl halides is 3. The van der Waals surface area contributed by atoms with E-state index in [0.29, 0.717) is 18.2 Å². The van der Waals surface area contributed by atoms with Crippen LogP contribution in [0.1, 0.15) is 29.4 Å². The van der Waals surface area contributed by atoms with Crippen molar-refractivity contribution in [1.29, 1.82) is 0 Å². The van der Waals surface area contributed by atoms with Gasteiger partial charge in [0, 0.05) is 50.2 Å². The largest absolute Gasteiger partial charge is 0.416 e. The van der Waals surface area contributed by atoms with Crippen molar-refractivity contribution in [2.24, 2.45) is 0 Å². The molecule has 1 aromatic heterocycles. The molecule has 11 heteroatoms. The molecule has 0 aliphatic carbocycles. The zero-order valence-electron chi connectivity index (χ0n) is 17.0. The average molecular weight is 456 g/mol. The van der Waals surface area contributed by atoms with Gasteiger partial charge in [0.05, 0.1) is 5.56 Å². The molecule has 0 bridgehead atoms. The number of piperazine rings is 1. The second kappa shape index (κ2) is 10.1. The fourth-order valence-corrected chi connectivity index (χ4v) is 3.89. The molecule has 0 spiro atoms. The molecule has 1 fully saturated rings. The van der Waals surface area contributed by atoms with Crippen LogP contribution in [0.5, 0.6) is 0 Å². The molecule has 1 aromatic carbocycles. The van der Waals surface area contributed by atoms with Gasteiger partial charge in [-0.1, -0.05) is 13.0 Å². The number of rotatable bonds is 7. The number of thiazole rings is 1. The van der Waals surface area contributed by atoms with Gasteiger partial charge < -0.3 is 20.4 Å². The van der Waals surface area contributed by atoms with Crippen molar-refractivity contribution in [3.63, 3.8) is 0 Å². The van der Waals surface area contributed by atoms with E-state index in [1.54, 1.807) is 4.90 Å². The highest BCUT2D eigenvalue weighted by Gasteiger charge is 2.30. The number of hydrogen-bond donors (Lipinski definition) is 2. The summed E-state index contributed by atoms with van der Waals surface area (Å²) in [6, 6.07) is 4.75. The number of hydrogen-bond acceptors (Lipinski definition) is 6. The molecule has 1 aliphatic heterocycles. The average Bonchev–Trinajstić information content (AvgIpc) is 3.22. The molecular weight excluding hydrogens is 431 g/mol. The Morgan fingerprint density at radius 1 is 1.19 bits per heavy atom. The van der Waals surface area contributed by atoms with Crippen LogP contribution in [0.2, 0.25) is 0 Å². The zero-order valence-corrected chi connectivity index (χ0v) is 17.9. The summed E-state index contributed by atoms with van der Waals surface area (Å²) in [5.41, 5.74) is -0.402. The number of amides is 2. The molecule has 31 heavy (non-hydrogen) atoms. The van der Waals surface area contributed by atoms with Gasteiger partial charge in [-0.3, -0.25) is 9.59 Å². The van der Waals surface area contributed by atoms with Gasteiger partial charge in [0.2, 0.25) is 5.91 Å². The van der Waals surface area contributed by atoms with E-state index in [2.05, 4.69) is 27.4 Å². The van der Waals surface area contributed by atoms with Crippen LogP contribution in [0, 0.1) is 0 Å². The van der Waals surface area contributed by atoms with E-state index in [-0.39, 0.29) is 30.3 Å². The van der Waals surface area contributed by atoms with Crippen molar-refractivity contribution >= 4 is 34.0 Å². The Bertz CT molecular complexity index is 910. The van der Waals surface area contributed by atoms with Crippen molar-refractivity contribution in [1.82, 2.24) is 20.1 Å². The van der Waals surface area contributed by atoms with Crippen LogP contribution < -0.4 is 10.6 Å². The summed E-state index contributed by atoms with van der Waals surface area (Å²) in [6.45, 7) is 6.35. The maximum atomic E-state index is 12.8. The van der Waals surface area contributed by atoms with Gasteiger partial charge >= 0.3 is 6.18 Å². The lowest BCUT2D eigenvalue weighted by molar-refractivity contribution is -0.137. The molecule has 2 aromatic rings. The molecule has 3 rings (SSSR count). The van der Waals surface area contributed by atoms with Crippen LogP contribution in [-0.4, -0.2) is 65.9 Å². The lowest BCUT2D eigenvalue weighted by Crippen LogP contribution is -2.49. The van der Waals surface area contributed by atoms with Gasteiger partial charge in [-0.25, -0.2) is 4.98 Å². The molecule has 0 saturated carbocycles. The third-order valence-electron chi connectivity index (χ3n) is 4.97. The predicted octanol–water partition coefficient (Wildman–Crippen LogP) is 3.19. The monoisotopic (exact) mass is 455 g/mol. The number of halogens is 3. The summed E-state index contributed by atoms with van der Waals surface area (Å²) in [4.78, 5) is 32.7. The summed E-state index contributed by atoms with van der Waals surface area (Å²) in [5.74, 6) is -0.432. The third-order valence-corrected chi connectivity index (χ3v) is 5.73. The van der Waals surface area contributed by atoms with Crippen LogP contribution in [0.15, 0.2) is 29.6 Å². The Labute approximate surface area is 182 Å². The Balaban J connectivity index is 1.47. The zero-order chi connectivity index (χ0) is 22.4. The van der Waals surface area contributed by atoms with Gasteiger partial charge in [-0.05, 0) is 24.7 Å². The van der Waals surface area contributed by atoms with Crippen molar-refractivity contribution in [2.75, 3.05) is 44.6 Å². The van der Waals surface area contributed by atoms with E-state index in [1.165, 1.54) is 17.5 Å². The summed E-state index contributed by atoms with van der Waals surface area (Å²) >= 11 is 1.11. The topological polar surface area (TPSA) is 77.6 Å². The first kappa shape index (κ1) is 23.0. The van der Waals surface area contributed by atoms with Crippen LogP contribution in [0.25, 0.3) is 0 Å². The smallest absolute Gasteiger partial charge is 0.350 e. The lowest BCUT2D eigenvalue weighted by Gasteiger charge is -2.34. The van der Waals surface area contributed by atoms with Crippen molar-refractivity contribution in [3.8, 4) is 0 Å². The van der Waals surface area contributed by atoms with Gasteiger partial charge in [0.15, 0.2) is 5.13 Å². The van der Waals surface area contributed by atoms with E-state index >= 15 is 0 Å². The molecule has 1 aliphatic rings. The summed E-state index contributed by atoms with van der Waals surface area (Å²) in [7, 11) is 0. The van der Waals surface area contributed by atoms with E-state index < -0.39 is 17.6 Å². The minimum atomic E-state index is -4.44. The second-order valence-corrected chi connectivity index (χ2v) is 7.92. The van der Waals surface area contributed by atoms with E-state index in [9.17, 15) is 22.8 Å². The molecular formula is C20H24F3N5O2S.